The van der Waals surface area contributed by atoms with Crippen LogP contribution in [0.3, 0.4) is 0 Å². The van der Waals surface area contributed by atoms with Crippen molar-refractivity contribution in [3.05, 3.63) is 65.6 Å². The predicted octanol–water partition coefficient (Wildman–Crippen LogP) is 3.41. The van der Waals surface area contributed by atoms with Crippen LogP contribution in [0.4, 0.5) is 0 Å². The van der Waals surface area contributed by atoms with Crippen LogP contribution in [0, 0.1) is 12.8 Å². The Morgan fingerprint density at radius 2 is 2.00 bits per heavy atom. The van der Waals surface area contributed by atoms with E-state index in [0.29, 0.717) is 19.0 Å². The van der Waals surface area contributed by atoms with Crippen molar-refractivity contribution >= 4 is 5.65 Å². The van der Waals surface area contributed by atoms with Gasteiger partial charge in [0.2, 0.25) is 0 Å². The van der Waals surface area contributed by atoms with Crippen LogP contribution in [0.5, 0.6) is 5.75 Å². The minimum atomic E-state index is -0.839. The zero-order valence-electron chi connectivity index (χ0n) is 16.7. The van der Waals surface area contributed by atoms with Gasteiger partial charge in [-0.25, -0.2) is 4.98 Å². The summed E-state index contributed by atoms with van der Waals surface area (Å²) in [6.07, 6.45) is 4.62. The molecule has 1 saturated carbocycles. The van der Waals surface area contributed by atoms with Gasteiger partial charge in [0.15, 0.2) is 17.5 Å². The highest BCUT2D eigenvalue weighted by Gasteiger charge is 2.59. The van der Waals surface area contributed by atoms with Gasteiger partial charge in [-0.15, -0.1) is 0 Å². The first-order chi connectivity index (χ1) is 14.1. The van der Waals surface area contributed by atoms with Gasteiger partial charge in [0, 0.05) is 25.1 Å². The highest BCUT2D eigenvalue weighted by molar-refractivity contribution is 5.62. The molecule has 1 fully saturated rings. The van der Waals surface area contributed by atoms with Gasteiger partial charge in [-0.1, -0.05) is 30.3 Å². The highest BCUT2D eigenvalue weighted by atomic mass is 16.6. The topological polar surface area (TPSA) is 65.2 Å². The molecule has 0 unspecified atom stereocenters. The molecule has 3 heterocycles. The molecule has 2 aliphatic rings. The van der Waals surface area contributed by atoms with Gasteiger partial charge in [-0.3, -0.25) is 0 Å². The van der Waals surface area contributed by atoms with Crippen molar-refractivity contribution in [3.8, 4) is 5.75 Å². The Morgan fingerprint density at radius 3 is 2.72 bits per heavy atom. The molecule has 1 N–H and O–H groups in total. The minimum absolute atomic E-state index is 0.238. The number of fused-ring (bicyclic) bond motifs is 3. The molecule has 2 aromatic heterocycles. The Hall–Kier alpha value is -2.41. The minimum Gasteiger partial charge on any atom is -0.479 e. The van der Waals surface area contributed by atoms with Gasteiger partial charge in [-0.2, -0.15) is 0 Å². The first-order valence-corrected chi connectivity index (χ1v) is 10.2. The predicted molar refractivity (Wildman–Crippen MR) is 108 cm³/mol. The number of pyridine rings is 1. The number of hydrogen-bond acceptors (Lipinski definition) is 5. The second-order valence-electron chi connectivity index (χ2n) is 7.97. The van der Waals surface area contributed by atoms with Crippen LogP contribution in [0.2, 0.25) is 0 Å². The largest absolute Gasteiger partial charge is 0.479 e. The Kier molecular flexibility index (Phi) is 4.57. The maximum absolute atomic E-state index is 11.6. The Balaban J connectivity index is 1.71. The van der Waals surface area contributed by atoms with Crippen molar-refractivity contribution in [2.24, 2.45) is 5.92 Å². The fourth-order valence-electron chi connectivity index (χ4n) is 4.59. The number of nitrogens with zero attached hydrogens (tertiary/aromatic N) is 2. The van der Waals surface area contributed by atoms with E-state index < -0.39 is 17.8 Å². The molecule has 0 bridgehead atoms. The second-order valence-corrected chi connectivity index (χ2v) is 7.97. The molecule has 0 spiro atoms. The molecule has 3 atom stereocenters. The van der Waals surface area contributed by atoms with Crippen molar-refractivity contribution in [2.45, 2.75) is 37.6 Å². The molecular formula is C23H26N2O4. The molecule has 0 amide bonds. The first-order valence-electron chi connectivity index (χ1n) is 10.2. The van der Waals surface area contributed by atoms with Crippen molar-refractivity contribution in [3.63, 3.8) is 0 Å². The van der Waals surface area contributed by atoms with Gasteiger partial charge < -0.3 is 23.7 Å². The molecule has 152 valence electrons. The summed E-state index contributed by atoms with van der Waals surface area (Å²) in [5.41, 5.74) is 2.65. The van der Waals surface area contributed by atoms with Crippen LogP contribution in [0.25, 0.3) is 5.65 Å². The van der Waals surface area contributed by atoms with Crippen molar-refractivity contribution in [1.82, 2.24) is 9.38 Å². The molecule has 0 saturated heterocycles. The van der Waals surface area contributed by atoms with E-state index in [-0.39, 0.29) is 5.92 Å². The molecule has 1 aromatic carbocycles. The standard InChI is InChI=1S/C23H26N2O4/c1-15-14-25-11-10-18-20(22(25)24-15)29-19(16-6-4-3-5-7-16)21(26)23(18,17-8-9-17)28-13-12-27-2/h3-7,10-11,14,17,19,21,26H,8-9,12-13H2,1-2H3/t19-,21-,23+/m1/s1. The van der Waals surface area contributed by atoms with Crippen molar-refractivity contribution < 1.29 is 19.3 Å². The van der Waals surface area contributed by atoms with Crippen molar-refractivity contribution in [2.75, 3.05) is 20.3 Å². The zero-order valence-corrected chi connectivity index (χ0v) is 16.7. The fraction of sp³-hybridized carbons (Fsp3) is 0.435. The summed E-state index contributed by atoms with van der Waals surface area (Å²) in [7, 11) is 1.66. The summed E-state index contributed by atoms with van der Waals surface area (Å²) in [5, 5.41) is 11.6. The van der Waals surface area contributed by atoms with Crippen LogP contribution in [0.1, 0.15) is 35.8 Å². The summed E-state index contributed by atoms with van der Waals surface area (Å²) in [4.78, 5) is 4.70. The van der Waals surface area contributed by atoms with E-state index in [2.05, 4.69) is 0 Å². The lowest BCUT2D eigenvalue weighted by atomic mass is 9.77. The molecule has 5 rings (SSSR count). The van der Waals surface area contributed by atoms with Crippen molar-refractivity contribution in [1.29, 1.82) is 0 Å². The molecular weight excluding hydrogens is 368 g/mol. The van der Waals surface area contributed by atoms with Crippen LogP contribution in [-0.4, -0.2) is 40.9 Å². The Morgan fingerprint density at radius 1 is 1.21 bits per heavy atom. The van der Waals surface area contributed by atoms with Gasteiger partial charge in [0.05, 0.1) is 18.9 Å². The van der Waals surface area contributed by atoms with E-state index in [4.69, 9.17) is 19.2 Å². The average molecular weight is 394 g/mol. The summed E-state index contributed by atoms with van der Waals surface area (Å²) >= 11 is 0. The molecule has 0 radical (unpaired) electrons. The van der Waals surface area contributed by atoms with Gasteiger partial charge in [0.25, 0.3) is 0 Å². The molecule has 29 heavy (non-hydrogen) atoms. The normalized spacial score (nSPS) is 26.3. The van der Waals surface area contributed by atoms with Gasteiger partial charge >= 0.3 is 0 Å². The lowest BCUT2D eigenvalue weighted by Gasteiger charge is -2.46. The number of rotatable bonds is 6. The van der Waals surface area contributed by atoms with E-state index in [1.807, 2.05) is 60.1 Å². The number of aliphatic hydroxyl groups is 1. The fourth-order valence-corrected chi connectivity index (χ4v) is 4.59. The summed E-state index contributed by atoms with van der Waals surface area (Å²) < 4.78 is 20.1. The smallest absolute Gasteiger partial charge is 0.180 e. The summed E-state index contributed by atoms with van der Waals surface area (Å²) in [5.74, 6) is 0.936. The number of benzene rings is 1. The SMILES string of the molecule is COCCO[C@@]1(C2CC2)c2ccn3cc(C)nc3c2O[C@H](c2ccccc2)[C@H]1O. The third-order valence-corrected chi connectivity index (χ3v) is 6.03. The zero-order chi connectivity index (χ0) is 20.0. The molecule has 6 heteroatoms. The number of aromatic nitrogens is 2. The number of imidazole rings is 1. The Labute approximate surface area is 170 Å². The first kappa shape index (κ1) is 18.6. The van der Waals surface area contributed by atoms with Crippen LogP contribution < -0.4 is 4.74 Å². The van der Waals surface area contributed by atoms with Gasteiger partial charge in [-0.05, 0) is 37.3 Å². The summed E-state index contributed by atoms with van der Waals surface area (Å²) in [6.45, 7) is 2.84. The van der Waals surface area contributed by atoms with Crippen LogP contribution in [-0.2, 0) is 15.1 Å². The van der Waals surface area contributed by atoms with E-state index >= 15 is 0 Å². The summed E-state index contributed by atoms with van der Waals surface area (Å²) in [6, 6.07) is 11.9. The lowest BCUT2D eigenvalue weighted by molar-refractivity contribution is -0.192. The third-order valence-electron chi connectivity index (χ3n) is 6.03. The molecule has 1 aliphatic heterocycles. The molecule has 3 aromatic rings. The number of hydrogen-bond donors (Lipinski definition) is 1. The maximum Gasteiger partial charge on any atom is 0.180 e. The number of aliphatic hydroxyl groups excluding tert-OH is 1. The molecule has 1 aliphatic carbocycles. The lowest BCUT2D eigenvalue weighted by Crippen LogP contribution is -2.52. The van der Waals surface area contributed by atoms with Crippen LogP contribution >= 0.6 is 0 Å². The van der Waals surface area contributed by atoms with E-state index in [0.717, 1.165) is 35.3 Å². The highest BCUT2D eigenvalue weighted by Crippen LogP contribution is 2.58. The quantitative estimate of drug-likeness (QED) is 0.649. The monoisotopic (exact) mass is 394 g/mol. The maximum atomic E-state index is 11.6. The van der Waals surface area contributed by atoms with E-state index in [9.17, 15) is 5.11 Å². The number of ether oxygens (including phenoxy) is 3. The third kappa shape index (κ3) is 2.94. The van der Waals surface area contributed by atoms with E-state index in [1.54, 1.807) is 7.11 Å². The van der Waals surface area contributed by atoms with Crippen LogP contribution in [0.15, 0.2) is 48.8 Å². The number of aryl methyl sites for hydroxylation is 1. The molecule has 6 nitrogen and oxygen atoms in total. The van der Waals surface area contributed by atoms with Gasteiger partial charge in [0.1, 0.15) is 11.7 Å². The number of methoxy groups -OCH3 is 1. The van der Waals surface area contributed by atoms with E-state index in [1.165, 1.54) is 0 Å². The Bertz CT molecular complexity index is 1010. The average Bonchev–Trinajstić information content (AvgIpc) is 3.51. The second kappa shape index (κ2) is 7.13.